The number of aliphatic hydroxyl groups is 4. The first-order chi connectivity index (χ1) is 25.0. The lowest BCUT2D eigenvalue weighted by atomic mass is 9.73. The van der Waals surface area contributed by atoms with Crippen LogP contribution in [0.25, 0.3) is 0 Å². The van der Waals surface area contributed by atoms with Crippen LogP contribution >= 0.6 is 0 Å². The molecule has 54 heavy (non-hydrogen) atoms. The number of aliphatic hydroxyl groups excluding tert-OH is 3. The first-order valence-electron chi connectivity index (χ1n) is 19.5. The highest BCUT2D eigenvalue weighted by molar-refractivity contribution is 5.88. The molecule has 3 rings (SSSR count). The lowest BCUT2D eigenvalue weighted by Crippen LogP contribution is -2.61. The Kier molecular flexibility index (Phi) is 16.4. The highest BCUT2D eigenvalue weighted by Crippen LogP contribution is 2.42. The van der Waals surface area contributed by atoms with Crippen LogP contribution < -0.4 is 0 Å². The van der Waals surface area contributed by atoms with Crippen molar-refractivity contribution >= 4 is 11.7 Å². The number of carbonyl (C=O) groups excluding carboxylic acids is 1. The molecule has 0 saturated carbocycles. The van der Waals surface area contributed by atoms with Crippen LogP contribution in [-0.4, -0.2) is 157 Å². The van der Waals surface area contributed by atoms with Crippen molar-refractivity contribution in [2.75, 3.05) is 35.4 Å². The first kappa shape index (κ1) is 46.9. The maximum atomic E-state index is 14.3. The normalized spacial score (nSPS) is 48.3. The number of cyclic esters (lactones) is 1. The monoisotopic (exact) mass is 777 g/mol. The third kappa shape index (κ3) is 9.95. The van der Waals surface area contributed by atoms with Gasteiger partial charge in [-0.25, -0.2) is 0 Å². The zero-order valence-corrected chi connectivity index (χ0v) is 35.3. The molecule has 4 N–H and O–H groups in total. The molecule has 18 atom stereocenters. The van der Waals surface area contributed by atoms with Gasteiger partial charge in [0.05, 0.1) is 53.4 Å². The summed E-state index contributed by atoms with van der Waals surface area (Å²) in [5.74, 6) is -3.49. The van der Waals surface area contributed by atoms with Crippen molar-refractivity contribution in [3.63, 3.8) is 0 Å². The summed E-state index contributed by atoms with van der Waals surface area (Å²) in [4.78, 5) is 21.5. The number of nitrogens with zero attached hydrogens (tertiary/aromatic N) is 2. The van der Waals surface area contributed by atoms with Crippen molar-refractivity contribution in [2.45, 2.75) is 179 Å². The van der Waals surface area contributed by atoms with E-state index in [0.29, 0.717) is 12.1 Å². The summed E-state index contributed by atoms with van der Waals surface area (Å²) in [7, 11) is 8.29. The molecular formula is C39H72N2O13. The summed E-state index contributed by atoms with van der Waals surface area (Å²) in [6.07, 6.45) is -8.10. The van der Waals surface area contributed by atoms with Gasteiger partial charge in [0.25, 0.3) is 0 Å². The van der Waals surface area contributed by atoms with E-state index in [-0.39, 0.29) is 31.4 Å². The quantitative estimate of drug-likeness (QED) is 0.198. The van der Waals surface area contributed by atoms with Gasteiger partial charge in [0, 0.05) is 44.4 Å². The van der Waals surface area contributed by atoms with Crippen LogP contribution in [0.1, 0.15) is 94.9 Å². The molecule has 3 heterocycles. The molecule has 3 unspecified atom stereocenters. The molecule has 15 heteroatoms. The Labute approximate surface area is 322 Å². The highest BCUT2D eigenvalue weighted by Gasteiger charge is 2.54. The van der Waals surface area contributed by atoms with E-state index < -0.39 is 102 Å². The summed E-state index contributed by atoms with van der Waals surface area (Å²) in [6.45, 7) is 17.8. The lowest BCUT2D eigenvalue weighted by molar-refractivity contribution is -0.319. The van der Waals surface area contributed by atoms with Crippen LogP contribution in [0.5, 0.6) is 0 Å². The first-order valence-corrected chi connectivity index (χ1v) is 19.5. The van der Waals surface area contributed by atoms with Gasteiger partial charge in [0.2, 0.25) is 0 Å². The van der Waals surface area contributed by atoms with Crippen LogP contribution in [0.3, 0.4) is 0 Å². The van der Waals surface area contributed by atoms with E-state index in [1.165, 1.54) is 21.1 Å². The molecule has 0 aliphatic carbocycles. The van der Waals surface area contributed by atoms with Gasteiger partial charge in [-0.1, -0.05) is 32.9 Å². The number of hydrogen-bond acceptors (Lipinski definition) is 15. The van der Waals surface area contributed by atoms with Gasteiger partial charge in [0.1, 0.15) is 31.0 Å². The molecule has 15 nitrogen and oxygen atoms in total. The van der Waals surface area contributed by atoms with E-state index in [0.717, 1.165) is 0 Å². The van der Waals surface area contributed by atoms with Crippen molar-refractivity contribution in [1.29, 1.82) is 0 Å². The predicted octanol–water partition coefficient (Wildman–Crippen LogP) is 2.87. The fourth-order valence-electron chi connectivity index (χ4n) is 8.87. The molecular weight excluding hydrogens is 704 g/mol. The van der Waals surface area contributed by atoms with Crippen LogP contribution in [0, 0.1) is 23.7 Å². The molecule has 3 fully saturated rings. The molecule has 3 saturated heterocycles. The second kappa shape index (κ2) is 18.8. The molecule has 3 aliphatic heterocycles. The Morgan fingerprint density at radius 2 is 1.48 bits per heavy atom. The standard InChI is InChI=1S/C39H72N2O13/c1-16-27-39(10,46)32(43)22(4)29(40-49-15)20(2)18-38(9,48-14)34(54-36-30(42)26(41(11)12)17-21(3)50-36)23(5)31(24(6)35(45)52-27)53-28-19-37(8,47-13)33(44)25(7)51-28/h20-28,30-34,36,42-44,46H,16-19H2,1-15H3/b40-29+/t20-,21?,22+,23+,24-,25?,26-,27-,28+,30?,31+,32-,33+,34-,36+,37+,38-,39-/m1/s1. The van der Waals surface area contributed by atoms with Crippen molar-refractivity contribution < 1.29 is 63.2 Å². The number of methoxy groups -OCH3 is 2. The summed E-state index contributed by atoms with van der Waals surface area (Å²) in [5.41, 5.74) is -3.61. The average Bonchev–Trinajstić information content (AvgIpc) is 3.11. The molecule has 0 spiro atoms. The SMILES string of the molecule is CC[C@H]1OC(=O)[C@H](C)[C@@H](O[C@H]2C[C@](C)(OC)[C@@H](O)C(C)O2)[C@H](C)[C@@H](O[C@@H]2OC(C)C[C@@H](N(C)C)C2O)[C@](C)(OC)C[C@@H](C)/C(=N\OC)[C@H](C)[C@@H](O)[C@]1(C)O. The fraction of sp³-hybridized carbons (Fsp3) is 0.949. The molecule has 0 aromatic rings. The fourth-order valence-corrected chi connectivity index (χ4v) is 8.87. The molecule has 0 amide bonds. The lowest BCUT2D eigenvalue weighted by Gasteiger charge is -2.50. The Morgan fingerprint density at radius 1 is 0.870 bits per heavy atom. The van der Waals surface area contributed by atoms with Gasteiger partial charge in [-0.05, 0) is 74.9 Å². The van der Waals surface area contributed by atoms with Gasteiger partial charge < -0.3 is 63.3 Å². The minimum atomic E-state index is -1.88. The predicted molar refractivity (Wildman–Crippen MR) is 200 cm³/mol. The minimum absolute atomic E-state index is 0.143. The van der Waals surface area contributed by atoms with Crippen LogP contribution in [0.15, 0.2) is 5.16 Å². The number of oxime groups is 1. The topological polar surface area (TPSA) is 187 Å². The van der Waals surface area contributed by atoms with E-state index in [1.807, 2.05) is 46.7 Å². The van der Waals surface area contributed by atoms with E-state index in [2.05, 4.69) is 5.16 Å². The third-order valence-corrected chi connectivity index (χ3v) is 12.5. The van der Waals surface area contributed by atoms with E-state index in [1.54, 1.807) is 41.7 Å². The van der Waals surface area contributed by atoms with Gasteiger partial charge >= 0.3 is 5.97 Å². The second-order valence-electron chi connectivity index (χ2n) is 16.9. The van der Waals surface area contributed by atoms with Crippen molar-refractivity contribution in [1.82, 2.24) is 4.90 Å². The largest absolute Gasteiger partial charge is 0.459 e. The Balaban J connectivity index is 2.27. The molecule has 0 aromatic heterocycles. The van der Waals surface area contributed by atoms with Gasteiger partial charge in [-0.2, -0.15) is 0 Å². The summed E-state index contributed by atoms with van der Waals surface area (Å²) >= 11 is 0. The third-order valence-electron chi connectivity index (χ3n) is 12.5. The van der Waals surface area contributed by atoms with Crippen molar-refractivity contribution in [3.05, 3.63) is 0 Å². The van der Waals surface area contributed by atoms with Crippen molar-refractivity contribution in [3.8, 4) is 0 Å². The zero-order chi connectivity index (χ0) is 41.1. The van der Waals surface area contributed by atoms with Crippen LogP contribution in [0.2, 0.25) is 0 Å². The zero-order valence-electron chi connectivity index (χ0n) is 35.3. The number of likely N-dealkylation sites (N-methyl/N-ethyl adjacent to an activating group) is 1. The molecule has 316 valence electrons. The Hall–Kier alpha value is -1.50. The molecule has 0 bridgehead atoms. The second-order valence-corrected chi connectivity index (χ2v) is 16.9. The van der Waals surface area contributed by atoms with Gasteiger partial charge in [-0.15, -0.1) is 0 Å². The maximum Gasteiger partial charge on any atom is 0.311 e. The number of hydrogen-bond donors (Lipinski definition) is 4. The molecule has 0 aromatic carbocycles. The van der Waals surface area contributed by atoms with Crippen molar-refractivity contribution in [2.24, 2.45) is 28.8 Å². The number of carbonyl (C=O) groups is 1. The Morgan fingerprint density at radius 3 is 2.02 bits per heavy atom. The number of rotatable bonds is 9. The Bertz CT molecular complexity index is 1240. The number of esters is 1. The molecule has 0 radical (unpaired) electrons. The van der Waals surface area contributed by atoms with E-state index in [4.69, 9.17) is 38.0 Å². The maximum absolute atomic E-state index is 14.3. The number of ether oxygens (including phenoxy) is 7. The van der Waals surface area contributed by atoms with Gasteiger partial charge in [0.15, 0.2) is 12.6 Å². The van der Waals surface area contributed by atoms with Crippen LogP contribution in [-0.2, 0) is 42.8 Å². The summed E-state index contributed by atoms with van der Waals surface area (Å²) < 4.78 is 44.4. The highest BCUT2D eigenvalue weighted by atomic mass is 16.7. The van der Waals surface area contributed by atoms with E-state index in [9.17, 15) is 25.2 Å². The van der Waals surface area contributed by atoms with Crippen LogP contribution in [0.4, 0.5) is 0 Å². The van der Waals surface area contributed by atoms with E-state index >= 15 is 0 Å². The van der Waals surface area contributed by atoms with Gasteiger partial charge in [-0.3, -0.25) is 4.79 Å². The molecule has 3 aliphatic rings. The minimum Gasteiger partial charge on any atom is -0.459 e. The smallest absolute Gasteiger partial charge is 0.311 e. The summed E-state index contributed by atoms with van der Waals surface area (Å²) in [6, 6.07) is -0.266. The summed E-state index contributed by atoms with van der Waals surface area (Å²) in [5, 5.41) is 50.6. The average molecular weight is 777 g/mol.